The summed E-state index contributed by atoms with van der Waals surface area (Å²) in [5.41, 5.74) is 0. The number of hydrogen-bond donors (Lipinski definition) is 4. The molecule has 0 radical (unpaired) electrons. The van der Waals surface area contributed by atoms with Gasteiger partial charge in [-0.05, 0) is 19.3 Å². The summed E-state index contributed by atoms with van der Waals surface area (Å²) in [6.07, 6.45) is 22.6. The first kappa shape index (κ1) is 31.2. The topological polar surface area (TPSA) is 78.4 Å². The number of carbonyl (C=O) groups excluding carboxylic acids is 1. The molecule has 7 heteroatoms. The molecule has 0 aliphatic carbocycles. The van der Waals surface area contributed by atoms with Crippen molar-refractivity contribution in [3.63, 3.8) is 0 Å². The van der Waals surface area contributed by atoms with E-state index in [1.54, 1.807) is 0 Å². The molecule has 3 N–H and O–H groups in total. The highest BCUT2D eigenvalue weighted by atomic mass is 32.1. The van der Waals surface area contributed by atoms with Gasteiger partial charge in [-0.3, -0.25) is 9.59 Å². The first-order valence-corrected chi connectivity index (χ1v) is 14.0. The third-order valence-electron chi connectivity index (χ3n) is 5.67. The van der Waals surface area contributed by atoms with Crippen molar-refractivity contribution in [2.75, 3.05) is 18.8 Å². The van der Waals surface area contributed by atoms with Gasteiger partial charge in [-0.15, -0.1) is 0 Å². The van der Waals surface area contributed by atoms with Gasteiger partial charge in [0.1, 0.15) is 0 Å². The van der Waals surface area contributed by atoms with Crippen LogP contribution in [0.1, 0.15) is 122 Å². The molecule has 188 valence electrons. The van der Waals surface area contributed by atoms with Crippen molar-refractivity contribution < 1.29 is 14.7 Å². The molecule has 5 nitrogen and oxygen atoms in total. The standard InChI is InChI=1S/C25H48N2O3S2/c28-23(26-20-21-31)22-27-24(32)18-16-14-12-10-8-6-4-2-1-3-5-7-9-11-13-15-17-19-25(29)30/h31H,1-22H2,(H,26,28)(H,27,32)(H,29,30). The molecular weight excluding hydrogens is 440 g/mol. The summed E-state index contributed by atoms with van der Waals surface area (Å²) >= 11 is 9.35. The maximum atomic E-state index is 11.5. The van der Waals surface area contributed by atoms with Crippen LogP contribution in [0.15, 0.2) is 0 Å². The van der Waals surface area contributed by atoms with Crippen molar-refractivity contribution in [3.8, 4) is 0 Å². The molecule has 0 fully saturated rings. The van der Waals surface area contributed by atoms with Crippen LogP contribution in [-0.4, -0.2) is 40.8 Å². The van der Waals surface area contributed by atoms with Crippen molar-refractivity contribution >= 4 is 41.7 Å². The number of unbranched alkanes of at least 4 members (excludes halogenated alkanes) is 16. The molecular formula is C25H48N2O3S2. The highest BCUT2D eigenvalue weighted by Gasteiger charge is 2.02. The second-order valence-electron chi connectivity index (χ2n) is 8.75. The molecule has 32 heavy (non-hydrogen) atoms. The van der Waals surface area contributed by atoms with Crippen LogP contribution in [0.2, 0.25) is 0 Å². The summed E-state index contributed by atoms with van der Waals surface area (Å²) < 4.78 is 0. The van der Waals surface area contributed by atoms with Crippen molar-refractivity contribution in [1.82, 2.24) is 10.6 Å². The summed E-state index contributed by atoms with van der Waals surface area (Å²) in [4.78, 5) is 22.7. The second kappa shape index (κ2) is 24.8. The molecule has 0 aromatic rings. The lowest BCUT2D eigenvalue weighted by atomic mass is 10.0. The molecule has 0 aromatic heterocycles. The number of carbonyl (C=O) groups is 2. The average molecular weight is 489 g/mol. The van der Waals surface area contributed by atoms with E-state index in [4.69, 9.17) is 17.3 Å². The van der Waals surface area contributed by atoms with Gasteiger partial charge < -0.3 is 15.7 Å². The fourth-order valence-electron chi connectivity index (χ4n) is 3.74. The van der Waals surface area contributed by atoms with Gasteiger partial charge in [0.25, 0.3) is 0 Å². The summed E-state index contributed by atoms with van der Waals surface area (Å²) in [6.45, 7) is 0.860. The molecule has 0 spiro atoms. The van der Waals surface area contributed by atoms with E-state index in [-0.39, 0.29) is 12.5 Å². The van der Waals surface area contributed by atoms with Crippen LogP contribution in [0.25, 0.3) is 0 Å². The third kappa shape index (κ3) is 25.4. The molecule has 0 saturated heterocycles. The van der Waals surface area contributed by atoms with Gasteiger partial charge >= 0.3 is 5.97 Å². The molecule has 0 aromatic carbocycles. The Bertz CT molecular complexity index is 476. The molecule has 0 bridgehead atoms. The lowest BCUT2D eigenvalue weighted by Gasteiger charge is -2.08. The van der Waals surface area contributed by atoms with Gasteiger partial charge in [0, 0.05) is 18.7 Å². The van der Waals surface area contributed by atoms with Crippen LogP contribution in [0.5, 0.6) is 0 Å². The van der Waals surface area contributed by atoms with Gasteiger partial charge in [0.05, 0.1) is 11.5 Å². The van der Waals surface area contributed by atoms with Crippen LogP contribution < -0.4 is 10.6 Å². The van der Waals surface area contributed by atoms with Gasteiger partial charge in [0.2, 0.25) is 5.91 Å². The number of nitrogens with one attached hydrogen (secondary N) is 2. The zero-order chi connectivity index (χ0) is 23.7. The van der Waals surface area contributed by atoms with Gasteiger partial charge in [-0.25, -0.2) is 0 Å². The summed E-state index contributed by atoms with van der Waals surface area (Å²) in [5, 5.41) is 14.4. The van der Waals surface area contributed by atoms with E-state index in [0.29, 0.717) is 18.7 Å². The Balaban J connectivity index is 3.18. The average Bonchev–Trinajstić information content (AvgIpc) is 2.77. The van der Waals surface area contributed by atoms with E-state index < -0.39 is 5.97 Å². The zero-order valence-corrected chi connectivity index (χ0v) is 21.9. The highest BCUT2D eigenvalue weighted by Crippen LogP contribution is 2.14. The smallest absolute Gasteiger partial charge is 0.303 e. The minimum atomic E-state index is -0.668. The molecule has 0 unspecified atom stereocenters. The summed E-state index contributed by atoms with van der Waals surface area (Å²) in [7, 11) is 0. The first-order chi connectivity index (χ1) is 15.6. The van der Waals surface area contributed by atoms with E-state index in [2.05, 4.69) is 23.3 Å². The SMILES string of the molecule is O=C(O)CCCCCCCCCCCCCCCCCCCC(=S)NCC(=O)NCCS. The minimum Gasteiger partial charge on any atom is -0.481 e. The monoisotopic (exact) mass is 488 g/mol. The number of carboxylic acids is 1. The summed E-state index contributed by atoms with van der Waals surface area (Å²) in [5.74, 6) is -0.0425. The number of amides is 1. The fraction of sp³-hybridized carbons (Fsp3) is 0.880. The Morgan fingerprint density at radius 3 is 1.38 bits per heavy atom. The summed E-state index contributed by atoms with van der Waals surface area (Å²) in [6, 6.07) is 0. The third-order valence-corrected chi connectivity index (χ3v) is 6.25. The van der Waals surface area contributed by atoms with E-state index in [9.17, 15) is 9.59 Å². The van der Waals surface area contributed by atoms with Crippen LogP contribution in [0.4, 0.5) is 0 Å². The van der Waals surface area contributed by atoms with E-state index in [1.807, 2.05) is 0 Å². The number of hydrogen-bond acceptors (Lipinski definition) is 4. The Kier molecular flexibility index (Phi) is 24.2. The molecule has 0 atom stereocenters. The largest absolute Gasteiger partial charge is 0.481 e. The van der Waals surface area contributed by atoms with Crippen LogP contribution in [0.3, 0.4) is 0 Å². The minimum absolute atomic E-state index is 0.0249. The molecule has 0 aliphatic heterocycles. The van der Waals surface area contributed by atoms with Crippen molar-refractivity contribution in [1.29, 1.82) is 0 Å². The van der Waals surface area contributed by atoms with Crippen molar-refractivity contribution in [2.24, 2.45) is 0 Å². The maximum Gasteiger partial charge on any atom is 0.303 e. The Labute approximate surface area is 207 Å². The number of thiocarbonyl (C=S) groups is 1. The van der Waals surface area contributed by atoms with Crippen LogP contribution >= 0.6 is 24.8 Å². The van der Waals surface area contributed by atoms with E-state index in [1.165, 1.54) is 89.9 Å². The normalized spacial score (nSPS) is 10.8. The number of rotatable bonds is 24. The highest BCUT2D eigenvalue weighted by molar-refractivity contribution is 7.80. The number of aliphatic carboxylic acids is 1. The lowest BCUT2D eigenvalue weighted by Crippen LogP contribution is -2.36. The first-order valence-electron chi connectivity index (χ1n) is 12.9. The zero-order valence-electron chi connectivity index (χ0n) is 20.2. The van der Waals surface area contributed by atoms with Gasteiger partial charge in [0.15, 0.2) is 0 Å². The Morgan fingerprint density at radius 1 is 0.625 bits per heavy atom. The maximum absolute atomic E-state index is 11.5. The lowest BCUT2D eigenvalue weighted by molar-refractivity contribution is -0.137. The fourth-order valence-corrected chi connectivity index (χ4v) is 4.07. The Hall–Kier alpha value is -0.820. The molecule has 1 amide bonds. The Morgan fingerprint density at radius 2 is 1.00 bits per heavy atom. The van der Waals surface area contributed by atoms with Gasteiger partial charge in [-0.2, -0.15) is 12.6 Å². The number of thiol groups is 1. The molecule has 0 saturated carbocycles. The predicted octanol–water partition coefficient (Wildman–Crippen LogP) is 6.45. The predicted molar refractivity (Wildman–Crippen MR) is 143 cm³/mol. The van der Waals surface area contributed by atoms with Crippen molar-refractivity contribution in [2.45, 2.75) is 122 Å². The number of carboxylic acid groups (broad SMARTS) is 1. The molecule has 0 aliphatic rings. The second-order valence-corrected chi connectivity index (χ2v) is 9.69. The quantitative estimate of drug-likeness (QED) is 0.0714. The van der Waals surface area contributed by atoms with Crippen LogP contribution in [0, 0.1) is 0 Å². The van der Waals surface area contributed by atoms with Crippen LogP contribution in [-0.2, 0) is 9.59 Å². The van der Waals surface area contributed by atoms with E-state index >= 15 is 0 Å². The van der Waals surface area contributed by atoms with Gasteiger partial charge in [-0.1, -0.05) is 109 Å². The van der Waals surface area contributed by atoms with Crippen molar-refractivity contribution in [3.05, 3.63) is 0 Å². The molecule has 0 heterocycles. The molecule has 0 rings (SSSR count). The van der Waals surface area contributed by atoms with E-state index in [0.717, 1.165) is 30.7 Å².